The van der Waals surface area contributed by atoms with Crippen LogP contribution in [0.2, 0.25) is 0 Å². The summed E-state index contributed by atoms with van der Waals surface area (Å²) in [6.45, 7) is 5.91. The minimum Gasteiger partial charge on any atom is -0.356 e. The quantitative estimate of drug-likeness (QED) is 0.209. The van der Waals surface area contributed by atoms with Gasteiger partial charge in [-0.1, -0.05) is 18.2 Å². The van der Waals surface area contributed by atoms with E-state index in [2.05, 4.69) is 58.7 Å². The van der Waals surface area contributed by atoms with Crippen molar-refractivity contribution in [1.82, 2.24) is 15.6 Å². The summed E-state index contributed by atoms with van der Waals surface area (Å²) in [5.41, 5.74) is 1.14. The average molecular weight is 476 g/mol. The van der Waals surface area contributed by atoms with Crippen LogP contribution in [0.4, 0.5) is 0 Å². The molecule has 0 unspecified atom stereocenters. The van der Waals surface area contributed by atoms with Crippen molar-refractivity contribution in [1.29, 1.82) is 0 Å². The first-order valence-corrected chi connectivity index (χ1v) is 9.54. The maximum atomic E-state index is 4.56. The Kier molecular flexibility index (Phi) is 10.4. The maximum Gasteiger partial charge on any atom is 0.191 e. The lowest BCUT2D eigenvalue weighted by Crippen LogP contribution is -2.39. The summed E-state index contributed by atoms with van der Waals surface area (Å²) in [5.74, 6) is 1.86. The number of guanidine groups is 1. The Labute approximate surface area is 170 Å². The van der Waals surface area contributed by atoms with E-state index < -0.39 is 0 Å². The average Bonchev–Trinajstić information content (AvgIpc) is 2.89. The lowest BCUT2D eigenvalue weighted by atomic mass is 10.4. The number of thiazole rings is 1. The summed E-state index contributed by atoms with van der Waals surface area (Å²) in [6, 6.07) is 10.4. The molecule has 4 nitrogen and oxygen atoms in total. The van der Waals surface area contributed by atoms with Crippen LogP contribution >= 0.6 is 47.1 Å². The van der Waals surface area contributed by atoms with Crippen molar-refractivity contribution >= 4 is 53.0 Å². The number of rotatable bonds is 7. The molecule has 0 fully saturated rings. The molecule has 1 aromatic heterocycles. The minimum atomic E-state index is 0. The summed E-state index contributed by atoms with van der Waals surface area (Å²) >= 11 is 3.62. The molecule has 2 aromatic rings. The molecule has 0 radical (unpaired) electrons. The van der Waals surface area contributed by atoms with Crippen molar-refractivity contribution < 1.29 is 0 Å². The van der Waals surface area contributed by atoms with Crippen molar-refractivity contribution in [2.45, 2.75) is 25.2 Å². The van der Waals surface area contributed by atoms with E-state index >= 15 is 0 Å². The van der Waals surface area contributed by atoms with E-state index in [-0.39, 0.29) is 24.0 Å². The first-order valence-electron chi connectivity index (χ1n) is 7.74. The molecule has 1 heterocycles. The Morgan fingerprint density at radius 2 is 1.88 bits per heavy atom. The fourth-order valence-electron chi connectivity index (χ4n) is 2.01. The molecule has 24 heavy (non-hydrogen) atoms. The highest BCUT2D eigenvalue weighted by molar-refractivity contribution is 14.0. The highest BCUT2D eigenvalue weighted by Crippen LogP contribution is 2.16. The van der Waals surface area contributed by atoms with Gasteiger partial charge in [0.1, 0.15) is 0 Å². The van der Waals surface area contributed by atoms with Crippen molar-refractivity contribution in [3.05, 3.63) is 45.9 Å². The van der Waals surface area contributed by atoms with E-state index in [9.17, 15) is 0 Å². The number of aliphatic imine (C=N–C) groups is 1. The summed E-state index contributed by atoms with van der Waals surface area (Å²) < 4.78 is 0. The van der Waals surface area contributed by atoms with Crippen molar-refractivity contribution in [2.24, 2.45) is 4.99 Å². The van der Waals surface area contributed by atoms with Gasteiger partial charge in [0, 0.05) is 42.1 Å². The molecular formula is C17H25IN4S2. The van der Waals surface area contributed by atoms with Gasteiger partial charge < -0.3 is 10.6 Å². The van der Waals surface area contributed by atoms with E-state index in [0.717, 1.165) is 36.9 Å². The van der Waals surface area contributed by atoms with Crippen LogP contribution in [0.5, 0.6) is 0 Å². The summed E-state index contributed by atoms with van der Waals surface area (Å²) in [4.78, 5) is 11.4. The van der Waals surface area contributed by atoms with Crippen LogP contribution < -0.4 is 10.6 Å². The number of hydrogen-bond acceptors (Lipinski definition) is 4. The van der Waals surface area contributed by atoms with E-state index in [0.29, 0.717) is 0 Å². The van der Waals surface area contributed by atoms with Gasteiger partial charge in [0.25, 0.3) is 0 Å². The number of hydrogen-bond donors (Lipinski definition) is 2. The molecule has 0 amide bonds. The lowest BCUT2D eigenvalue weighted by Gasteiger charge is -2.11. The molecule has 0 aliphatic rings. The van der Waals surface area contributed by atoms with Crippen molar-refractivity contribution in [3.8, 4) is 0 Å². The van der Waals surface area contributed by atoms with Gasteiger partial charge in [-0.2, -0.15) is 0 Å². The lowest BCUT2D eigenvalue weighted by molar-refractivity contribution is 0.807. The van der Waals surface area contributed by atoms with Crippen LogP contribution in [0.1, 0.15) is 15.6 Å². The molecule has 0 aliphatic heterocycles. The molecule has 0 spiro atoms. The number of aromatic nitrogens is 1. The number of benzene rings is 1. The third-order valence-corrected chi connectivity index (χ3v) is 5.48. The maximum absolute atomic E-state index is 4.56. The van der Waals surface area contributed by atoms with Gasteiger partial charge in [-0.05, 0) is 26.0 Å². The van der Waals surface area contributed by atoms with E-state index in [4.69, 9.17) is 0 Å². The van der Waals surface area contributed by atoms with Gasteiger partial charge >= 0.3 is 0 Å². The van der Waals surface area contributed by atoms with E-state index in [1.807, 2.05) is 17.8 Å². The fraction of sp³-hybridized carbons (Fsp3) is 0.412. The third-order valence-electron chi connectivity index (χ3n) is 3.33. The SMILES string of the molecule is CN=C(NCCSc1ccccc1)NCCc1nc(C)c(C)s1.I. The Bertz CT molecular complexity index is 609. The number of nitrogens with zero attached hydrogens (tertiary/aromatic N) is 2. The zero-order valence-electron chi connectivity index (χ0n) is 14.3. The summed E-state index contributed by atoms with van der Waals surface area (Å²) in [6.07, 6.45) is 0.929. The number of halogens is 1. The molecule has 0 aliphatic carbocycles. The molecule has 2 N–H and O–H groups in total. The second kappa shape index (κ2) is 11.7. The minimum absolute atomic E-state index is 0. The zero-order chi connectivity index (χ0) is 16.5. The monoisotopic (exact) mass is 476 g/mol. The van der Waals surface area contributed by atoms with Crippen LogP contribution in [-0.4, -0.2) is 36.8 Å². The molecule has 2 rings (SSSR count). The molecule has 0 saturated carbocycles. The second-order valence-electron chi connectivity index (χ2n) is 5.09. The highest BCUT2D eigenvalue weighted by Gasteiger charge is 2.04. The van der Waals surface area contributed by atoms with Crippen LogP contribution in [0, 0.1) is 13.8 Å². The first-order chi connectivity index (χ1) is 11.2. The Morgan fingerprint density at radius 1 is 1.17 bits per heavy atom. The summed E-state index contributed by atoms with van der Waals surface area (Å²) in [5, 5.41) is 7.87. The number of thioether (sulfide) groups is 1. The molecule has 1 aromatic carbocycles. The highest BCUT2D eigenvalue weighted by atomic mass is 127. The standard InChI is InChI=1S/C17H24N4S2.HI/c1-13-14(2)23-16(21-13)9-10-19-17(18-3)20-11-12-22-15-7-5-4-6-8-15;/h4-8H,9-12H2,1-3H3,(H2,18,19,20);1H. The zero-order valence-corrected chi connectivity index (χ0v) is 18.3. The predicted octanol–water partition coefficient (Wildman–Crippen LogP) is 3.88. The third kappa shape index (κ3) is 7.40. The van der Waals surface area contributed by atoms with Gasteiger partial charge in [0.2, 0.25) is 0 Å². The van der Waals surface area contributed by atoms with Crippen LogP contribution in [0.15, 0.2) is 40.2 Å². The second-order valence-corrected chi connectivity index (χ2v) is 7.54. The Balaban J connectivity index is 0.00000288. The van der Waals surface area contributed by atoms with Gasteiger partial charge in [0.05, 0.1) is 10.7 Å². The smallest absolute Gasteiger partial charge is 0.191 e. The van der Waals surface area contributed by atoms with Gasteiger partial charge in [-0.15, -0.1) is 47.1 Å². The molecule has 0 atom stereocenters. The first kappa shape index (κ1) is 21.2. The molecule has 7 heteroatoms. The number of aryl methyl sites for hydroxylation is 2. The van der Waals surface area contributed by atoms with Crippen LogP contribution in [0.25, 0.3) is 0 Å². The fourth-order valence-corrected chi connectivity index (χ4v) is 3.73. The normalized spacial score (nSPS) is 11.0. The van der Waals surface area contributed by atoms with Gasteiger partial charge in [-0.3, -0.25) is 4.99 Å². The van der Waals surface area contributed by atoms with Gasteiger partial charge in [0.15, 0.2) is 5.96 Å². The summed E-state index contributed by atoms with van der Waals surface area (Å²) in [7, 11) is 1.80. The molecule has 0 bridgehead atoms. The molecule has 132 valence electrons. The Morgan fingerprint density at radius 3 is 2.50 bits per heavy atom. The largest absolute Gasteiger partial charge is 0.356 e. The van der Waals surface area contributed by atoms with E-state index in [1.165, 1.54) is 14.8 Å². The number of nitrogens with one attached hydrogen (secondary N) is 2. The van der Waals surface area contributed by atoms with Crippen LogP contribution in [0.3, 0.4) is 0 Å². The van der Waals surface area contributed by atoms with Crippen molar-refractivity contribution in [2.75, 3.05) is 25.9 Å². The van der Waals surface area contributed by atoms with Crippen molar-refractivity contribution in [3.63, 3.8) is 0 Å². The molecular weight excluding hydrogens is 451 g/mol. The topological polar surface area (TPSA) is 49.3 Å². The molecule has 0 saturated heterocycles. The van der Waals surface area contributed by atoms with Gasteiger partial charge in [-0.25, -0.2) is 4.98 Å². The predicted molar refractivity (Wildman–Crippen MR) is 117 cm³/mol. The van der Waals surface area contributed by atoms with Crippen LogP contribution in [-0.2, 0) is 6.42 Å². The van der Waals surface area contributed by atoms with E-state index in [1.54, 1.807) is 18.4 Å². The Hall–Kier alpha value is -0.800.